The van der Waals surface area contributed by atoms with Crippen LogP contribution in [0.5, 0.6) is 0 Å². The van der Waals surface area contributed by atoms with Crippen LogP contribution >= 0.6 is 0 Å². The first-order valence-corrected chi connectivity index (χ1v) is 26.5. The molecule has 0 radical (unpaired) electrons. The Morgan fingerprint density at radius 1 is 0.429 bits per heavy atom. The Balaban J connectivity index is 0.00000136. The Labute approximate surface area is 421 Å². The Kier molecular flexibility index (Phi) is 37.4. The topological polar surface area (TPSA) is 216 Å². The molecule has 1 aliphatic carbocycles. The van der Waals surface area contributed by atoms with Crippen molar-refractivity contribution >= 4 is 47.3 Å². The first kappa shape index (κ1) is 66.1. The summed E-state index contributed by atoms with van der Waals surface area (Å²) in [7, 11) is 0. The molecule has 4 atom stereocenters. The van der Waals surface area contributed by atoms with E-state index in [0.717, 1.165) is 25.7 Å². The summed E-state index contributed by atoms with van der Waals surface area (Å²) < 4.78 is 32.9. The molecule has 0 aromatic heterocycles. The van der Waals surface area contributed by atoms with Crippen LogP contribution in [0.4, 0.5) is 0 Å². The Bertz CT molecular complexity index is 1510. The maximum absolute atomic E-state index is 12.8. The monoisotopic (exact) mass is 997 g/mol. The van der Waals surface area contributed by atoms with Gasteiger partial charge in [-0.05, 0) is 127 Å². The molecule has 1 rings (SSSR count). The predicted octanol–water partition coefficient (Wildman–Crippen LogP) is 9.00. The van der Waals surface area contributed by atoms with Gasteiger partial charge in [0, 0.05) is 25.7 Å². The van der Waals surface area contributed by atoms with Crippen molar-refractivity contribution < 1.29 is 66.8 Å². The standard InChI is InChI=1S/C27H49NO8.C27H47NO6/c1-7-23(18-20(2)3)26(31)35-16-14-33-12-13-34-15-17-36-27(32)24(19-21(4)5)28-25(30)11-9-8-10-22(6)29;1-7-21(16-18(2)3)26(31)33-22-12-14-23(15-13-22)34-27(32)24(17-19(4)5)28-25(30)11-9-8-10-20(6)29/h20-21,23-24H,7-19H2,1-6H3,(H,28,30);18-19,21-24H,7-17H2,1-6H3,(H,28,30). The molecule has 1 fully saturated rings. The van der Waals surface area contributed by atoms with Gasteiger partial charge in [-0.25, -0.2) is 9.59 Å². The zero-order valence-electron chi connectivity index (χ0n) is 45.5. The van der Waals surface area contributed by atoms with Gasteiger partial charge < -0.3 is 48.6 Å². The van der Waals surface area contributed by atoms with Crippen molar-refractivity contribution in [3.05, 3.63) is 0 Å². The van der Waals surface area contributed by atoms with Gasteiger partial charge in [0.1, 0.15) is 49.1 Å². The molecule has 16 heteroatoms. The van der Waals surface area contributed by atoms with Gasteiger partial charge >= 0.3 is 23.9 Å². The fourth-order valence-electron chi connectivity index (χ4n) is 7.94. The van der Waals surface area contributed by atoms with Crippen molar-refractivity contribution in [2.45, 2.75) is 223 Å². The van der Waals surface area contributed by atoms with Crippen molar-refractivity contribution in [1.82, 2.24) is 10.6 Å². The van der Waals surface area contributed by atoms with Crippen molar-refractivity contribution in [2.75, 3.05) is 39.6 Å². The van der Waals surface area contributed by atoms with Crippen LogP contribution in [0.3, 0.4) is 0 Å². The number of ketones is 2. The molecule has 2 N–H and O–H groups in total. The summed E-state index contributed by atoms with van der Waals surface area (Å²) in [6.07, 6.45) is 10.6. The van der Waals surface area contributed by atoms with Crippen LogP contribution in [0.1, 0.15) is 199 Å². The maximum Gasteiger partial charge on any atom is 0.328 e. The lowest BCUT2D eigenvalue weighted by Gasteiger charge is -2.30. The summed E-state index contributed by atoms with van der Waals surface area (Å²) in [6.45, 7) is 24.9. The first-order chi connectivity index (χ1) is 33.1. The average molecular weight is 997 g/mol. The molecule has 1 saturated carbocycles. The molecule has 0 aromatic rings. The number of hydrogen-bond acceptors (Lipinski definition) is 14. The average Bonchev–Trinajstić information content (AvgIpc) is 3.27. The molecule has 4 unspecified atom stereocenters. The summed E-state index contributed by atoms with van der Waals surface area (Å²) in [5.41, 5.74) is 0. The SMILES string of the molecule is CCC(CC(C)C)C(=O)OC1CCC(OC(=O)C(CC(C)C)NC(=O)CCCCC(C)=O)CC1.CCC(CC(C)C)C(=O)OCCOCCOCCOC(=O)C(CC(C)C)NC(=O)CCCCC(C)=O. The Morgan fingerprint density at radius 3 is 1.13 bits per heavy atom. The van der Waals surface area contributed by atoms with Gasteiger partial charge in [0.25, 0.3) is 0 Å². The van der Waals surface area contributed by atoms with Gasteiger partial charge in [-0.1, -0.05) is 69.2 Å². The number of carbonyl (C=O) groups is 8. The normalized spacial score (nSPS) is 16.3. The van der Waals surface area contributed by atoms with Gasteiger partial charge in [-0.3, -0.25) is 19.2 Å². The third-order valence-corrected chi connectivity index (χ3v) is 11.7. The number of carbonyl (C=O) groups excluding carboxylic acids is 8. The second kappa shape index (κ2) is 39.7. The van der Waals surface area contributed by atoms with Crippen LogP contribution in [0, 0.1) is 35.5 Å². The molecule has 2 amide bonds. The van der Waals surface area contributed by atoms with Crippen LogP contribution in [0.2, 0.25) is 0 Å². The molecular formula is C54H96N2O14. The number of amides is 2. The van der Waals surface area contributed by atoms with Gasteiger partial charge in [-0.15, -0.1) is 0 Å². The molecule has 0 aliphatic heterocycles. The summed E-state index contributed by atoms with van der Waals surface area (Å²) in [5.74, 6) is -0.136. The molecule has 406 valence electrons. The molecule has 70 heavy (non-hydrogen) atoms. The Morgan fingerprint density at radius 2 is 0.757 bits per heavy atom. The largest absolute Gasteiger partial charge is 0.463 e. The van der Waals surface area contributed by atoms with E-state index in [2.05, 4.69) is 38.3 Å². The van der Waals surface area contributed by atoms with Crippen molar-refractivity contribution in [1.29, 1.82) is 0 Å². The van der Waals surface area contributed by atoms with Gasteiger partial charge in [-0.2, -0.15) is 0 Å². The van der Waals surface area contributed by atoms with E-state index in [-0.39, 0.29) is 97.4 Å². The second-order valence-electron chi connectivity index (χ2n) is 20.6. The van der Waals surface area contributed by atoms with E-state index in [0.29, 0.717) is 115 Å². The smallest absolute Gasteiger partial charge is 0.328 e. The molecular weight excluding hydrogens is 901 g/mol. The third kappa shape index (κ3) is 35.2. The molecule has 0 spiro atoms. The number of Topliss-reactive ketones (excluding diaryl/α,β-unsaturated/α-hetero) is 2. The summed E-state index contributed by atoms with van der Waals surface area (Å²) >= 11 is 0. The van der Waals surface area contributed by atoms with Crippen LogP contribution < -0.4 is 10.6 Å². The number of esters is 4. The minimum Gasteiger partial charge on any atom is -0.463 e. The van der Waals surface area contributed by atoms with E-state index in [1.165, 1.54) is 6.92 Å². The first-order valence-electron chi connectivity index (χ1n) is 26.5. The van der Waals surface area contributed by atoms with Crippen molar-refractivity contribution in [3.8, 4) is 0 Å². The van der Waals surface area contributed by atoms with E-state index in [1.807, 2.05) is 41.5 Å². The minimum absolute atomic E-state index is 0.0570. The van der Waals surface area contributed by atoms with Crippen LogP contribution in [0.15, 0.2) is 0 Å². The number of hydrogen-bond donors (Lipinski definition) is 2. The van der Waals surface area contributed by atoms with E-state index in [1.54, 1.807) is 6.92 Å². The highest BCUT2D eigenvalue weighted by atomic mass is 16.6. The van der Waals surface area contributed by atoms with E-state index in [4.69, 9.17) is 28.4 Å². The number of ether oxygens (including phenoxy) is 6. The molecule has 16 nitrogen and oxygen atoms in total. The lowest BCUT2D eigenvalue weighted by Crippen LogP contribution is -2.44. The van der Waals surface area contributed by atoms with Gasteiger partial charge in [0.05, 0.1) is 38.3 Å². The van der Waals surface area contributed by atoms with Crippen molar-refractivity contribution in [3.63, 3.8) is 0 Å². The third-order valence-electron chi connectivity index (χ3n) is 11.7. The number of unbranched alkanes of at least 4 members (excludes halogenated alkanes) is 2. The summed E-state index contributed by atoms with van der Waals surface area (Å²) in [6, 6.07) is -1.37. The fourth-order valence-corrected chi connectivity index (χ4v) is 7.94. The zero-order chi connectivity index (χ0) is 53.0. The molecule has 0 heterocycles. The summed E-state index contributed by atoms with van der Waals surface area (Å²) in [5, 5.41) is 5.58. The zero-order valence-corrected chi connectivity index (χ0v) is 45.5. The van der Waals surface area contributed by atoms with E-state index >= 15 is 0 Å². The highest BCUT2D eigenvalue weighted by Gasteiger charge is 2.32. The fraction of sp³-hybridized carbons (Fsp3) is 0.852. The molecule has 0 bridgehead atoms. The van der Waals surface area contributed by atoms with Crippen molar-refractivity contribution in [2.24, 2.45) is 35.5 Å². The van der Waals surface area contributed by atoms with Crippen LogP contribution in [-0.4, -0.2) is 111 Å². The lowest BCUT2D eigenvalue weighted by atomic mass is 9.93. The van der Waals surface area contributed by atoms with Crippen LogP contribution in [0.25, 0.3) is 0 Å². The number of rotatable bonds is 37. The van der Waals surface area contributed by atoms with Crippen LogP contribution in [-0.2, 0) is 66.8 Å². The lowest BCUT2D eigenvalue weighted by molar-refractivity contribution is -0.163. The Hall–Kier alpha value is -3.92. The highest BCUT2D eigenvalue weighted by Crippen LogP contribution is 2.27. The number of nitrogens with one attached hydrogen (secondary N) is 2. The molecule has 0 saturated heterocycles. The van der Waals surface area contributed by atoms with Gasteiger partial charge in [0.15, 0.2) is 0 Å². The molecule has 1 aliphatic rings. The highest BCUT2D eigenvalue weighted by molar-refractivity contribution is 5.85. The second-order valence-corrected chi connectivity index (χ2v) is 20.6. The molecule has 0 aromatic carbocycles. The predicted molar refractivity (Wildman–Crippen MR) is 269 cm³/mol. The maximum atomic E-state index is 12.8. The van der Waals surface area contributed by atoms with E-state index < -0.39 is 24.0 Å². The minimum atomic E-state index is -0.704. The van der Waals surface area contributed by atoms with Gasteiger partial charge in [0.2, 0.25) is 11.8 Å². The summed E-state index contributed by atoms with van der Waals surface area (Å²) in [4.78, 5) is 96.3. The quantitative estimate of drug-likeness (QED) is 0.0338. The van der Waals surface area contributed by atoms with E-state index in [9.17, 15) is 38.4 Å².